The molecule has 2 aromatic carbocycles. The van der Waals surface area contributed by atoms with Crippen molar-refractivity contribution < 1.29 is 14.0 Å². The van der Waals surface area contributed by atoms with Crippen molar-refractivity contribution in [2.24, 2.45) is 0 Å². The number of rotatable bonds is 8. The largest absolute Gasteiger partial charge is 0.351 e. The summed E-state index contributed by atoms with van der Waals surface area (Å²) in [5, 5.41) is 6.30. The van der Waals surface area contributed by atoms with Crippen LogP contribution in [-0.2, 0) is 16.1 Å². The fourth-order valence-electron chi connectivity index (χ4n) is 2.37. The molecule has 0 aliphatic carbocycles. The molecule has 0 bridgehead atoms. The Morgan fingerprint density at radius 2 is 1.59 bits per heavy atom. The molecule has 0 atom stereocenters. The Morgan fingerprint density at radius 3 is 2.19 bits per heavy atom. The van der Waals surface area contributed by atoms with Gasteiger partial charge in [-0.1, -0.05) is 42.3 Å². The molecule has 2 aromatic rings. The number of likely N-dealkylation sites (N-methyl/N-ethyl adjacent to an activating group) is 1. The first-order valence-electron chi connectivity index (χ1n) is 8.35. The minimum Gasteiger partial charge on any atom is -0.351 e. The zero-order chi connectivity index (χ0) is 19.8. The lowest BCUT2D eigenvalue weighted by atomic mass is 10.2. The summed E-state index contributed by atoms with van der Waals surface area (Å²) in [4.78, 5) is 26.0. The van der Waals surface area contributed by atoms with Crippen LogP contribution >= 0.6 is 23.2 Å². The van der Waals surface area contributed by atoms with Crippen molar-refractivity contribution >= 4 is 40.7 Å². The van der Waals surface area contributed by atoms with Gasteiger partial charge in [0.2, 0.25) is 11.8 Å². The second-order valence-corrected chi connectivity index (χ2v) is 6.79. The van der Waals surface area contributed by atoms with Crippen LogP contribution in [0.5, 0.6) is 0 Å². The van der Waals surface area contributed by atoms with E-state index in [1.807, 2.05) is 6.92 Å². The maximum atomic E-state index is 12.9. The molecule has 27 heavy (non-hydrogen) atoms. The van der Waals surface area contributed by atoms with Crippen LogP contribution in [0.4, 0.5) is 10.1 Å². The van der Waals surface area contributed by atoms with Gasteiger partial charge >= 0.3 is 0 Å². The predicted molar refractivity (Wildman–Crippen MR) is 105 cm³/mol. The molecule has 2 N–H and O–H groups in total. The molecule has 2 rings (SSSR count). The van der Waals surface area contributed by atoms with E-state index in [9.17, 15) is 14.0 Å². The monoisotopic (exact) mass is 411 g/mol. The van der Waals surface area contributed by atoms with Gasteiger partial charge in [-0.15, -0.1) is 0 Å². The average Bonchev–Trinajstić information content (AvgIpc) is 2.59. The van der Waals surface area contributed by atoms with Crippen LogP contribution < -0.4 is 10.6 Å². The Labute approximate surface area is 167 Å². The third kappa shape index (κ3) is 7.54. The lowest BCUT2D eigenvalue weighted by Gasteiger charge is -2.19. The van der Waals surface area contributed by atoms with Gasteiger partial charge in [0.1, 0.15) is 5.82 Å². The van der Waals surface area contributed by atoms with E-state index in [-0.39, 0.29) is 30.7 Å². The van der Waals surface area contributed by atoms with Crippen LogP contribution in [0, 0.1) is 5.82 Å². The minimum atomic E-state index is -0.325. The molecule has 8 heteroatoms. The van der Waals surface area contributed by atoms with E-state index in [2.05, 4.69) is 10.6 Å². The summed E-state index contributed by atoms with van der Waals surface area (Å²) >= 11 is 11.8. The fourth-order valence-corrected chi connectivity index (χ4v) is 2.90. The lowest BCUT2D eigenvalue weighted by Crippen LogP contribution is -2.40. The average molecular weight is 412 g/mol. The quantitative estimate of drug-likeness (QED) is 0.695. The number of amides is 2. The van der Waals surface area contributed by atoms with Gasteiger partial charge < -0.3 is 10.6 Å². The van der Waals surface area contributed by atoms with Crippen LogP contribution in [0.25, 0.3) is 0 Å². The minimum absolute atomic E-state index is 0.0462. The van der Waals surface area contributed by atoms with Crippen molar-refractivity contribution in [1.82, 2.24) is 10.2 Å². The number of nitrogens with zero attached hydrogens (tertiary/aromatic N) is 1. The van der Waals surface area contributed by atoms with Crippen molar-refractivity contribution in [3.05, 3.63) is 63.9 Å². The summed E-state index contributed by atoms with van der Waals surface area (Å²) in [6.45, 7) is 2.79. The second-order valence-electron chi connectivity index (χ2n) is 5.91. The molecule has 0 fully saturated rings. The van der Waals surface area contributed by atoms with E-state index in [1.54, 1.807) is 35.2 Å². The highest BCUT2D eigenvalue weighted by Crippen LogP contribution is 2.22. The summed E-state index contributed by atoms with van der Waals surface area (Å²) in [6, 6.07) is 10.7. The molecular weight excluding hydrogens is 392 g/mol. The normalized spacial score (nSPS) is 10.7. The number of halogens is 3. The number of carbonyl (C=O) groups is 2. The van der Waals surface area contributed by atoms with Crippen molar-refractivity contribution in [2.45, 2.75) is 13.5 Å². The van der Waals surface area contributed by atoms with E-state index in [0.717, 1.165) is 5.56 Å². The molecule has 0 aromatic heterocycles. The van der Waals surface area contributed by atoms with E-state index >= 15 is 0 Å². The van der Waals surface area contributed by atoms with Crippen LogP contribution in [0.3, 0.4) is 0 Å². The Bertz CT molecular complexity index is 780. The Hall–Kier alpha value is -2.15. The first-order valence-corrected chi connectivity index (χ1v) is 9.10. The fraction of sp³-hybridized carbons (Fsp3) is 0.263. The Balaban J connectivity index is 1.81. The van der Waals surface area contributed by atoms with Gasteiger partial charge in [0, 0.05) is 22.3 Å². The zero-order valence-corrected chi connectivity index (χ0v) is 16.3. The van der Waals surface area contributed by atoms with Gasteiger partial charge in [0.05, 0.1) is 13.1 Å². The highest BCUT2D eigenvalue weighted by molar-refractivity contribution is 6.35. The smallest absolute Gasteiger partial charge is 0.238 e. The number of benzene rings is 2. The van der Waals surface area contributed by atoms with Gasteiger partial charge in [-0.25, -0.2) is 4.39 Å². The highest BCUT2D eigenvalue weighted by Gasteiger charge is 2.13. The highest BCUT2D eigenvalue weighted by atomic mass is 35.5. The lowest BCUT2D eigenvalue weighted by molar-refractivity contribution is -0.123. The molecule has 0 spiro atoms. The predicted octanol–water partition coefficient (Wildman–Crippen LogP) is 3.71. The van der Waals surface area contributed by atoms with Crippen LogP contribution in [0.15, 0.2) is 42.5 Å². The second kappa shape index (κ2) is 10.3. The van der Waals surface area contributed by atoms with E-state index in [4.69, 9.17) is 23.2 Å². The third-order valence-electron chi connectivity index (χ3n) is 3.73. The zero-order valence-electron chi connectivity index (χ0n) is 14.8. The number of nitrogens with one attached hydrogen (secondary N) is 2. The molecule has 0 saturated heterocycles. The van der Waals surface area contributed by atoms with E-state index < -0.39 is 0 Å². The van der Waals surface area contributed by atoms with Gasteiger partial charge in [0.25, 0.3) is 0 Å². The van der Waals surface area contributed by atoms with Crippen LogP contribution in [0.2, 0.25) is 10.0 Å². The summed E-state index contributed by atoms with van der Waals surface area (Å²) < 4.78 is 12.9. The van der Waals surface area contributed by atoms with Crippen molar-refractivity contribution in [3.8, 4) is 0 Å². The molecule has 0 aliphatic heterocycles. The van der Waals surface area contributed by atoms with Crippen molar-refractivity contribution in [3.63, 3.8) is 0 Å². The van der Waals surface area contributed by atoms with Crippen LogP contribution in [-0.4, -0.2) is 36.3 Å². The first kappa shape index (κ1) is 21.2. The Kier molecular flexibility index (Phi) is 8.03. The summed E-state index contributed by atoms with van der Waals surface area (Å²) in [6.07, 6.45) is 0. The number of anilines is 1. The maximum absolute atomic E-state index is 12.9. The number of hydrogen-bond acceptors (Lipinski definition) is 3. The van der Waals surface area contributed by atoms with Gasteiger partial charge in [-0.2, -0.15) is 0 Å². The Morgan fingerprint density at radius 1 is 1.00 bits per heavy atom. The first-order chi connectivity index (χ1) is 12.9. The molecule has 0 heterocycles. The summed E-state index contributed by atoms with van der Waals surface area (Å²) in [5.74, 6) is -0.824. The topological polar surface area (TPSA) is 61.4 Å². The molecule has 0 unspecified atom stereocenters. The number of hydrogen-bond donors (Lipinski definition) is 2. The number of carbonyl (C=O) groups excluding carboxylic acids is 2. The van der Waals surface area contributed by atoms with E-state index in [0.29, 0.717) is 28.8 Å². The standard InChI is InChI=1S/C19H20Cl2FN3O2/c1-2-25(11-18(26)23-10-13-3-5-16(22)6-4-13)12-19(27)24-17-8-14(20)7-15(21)9-17/h3-9H,2,10-12H2,1H3,(H,23,26)(H,24,27). The van der Waals surface area contributed by atoms with Gasteiger partial charge in [-0.05, 0) is 42.4 Å². The van der Waals surface area contributed by atoms with Gasteiger partial charge in [-0.3, -0.25) is 14.5 Å². The molecule has 0 aliphatic rings. The van der Waals surface area contributed by atoms with Gasteiger partial charge in [0.15, 0.2) is 0 Å². The third-order valence-corrected chi connectivity index (χ3v) is 4.17. The summed E-state index contributed by atoms with van der Waals surface area (Å²) in [5.41, 5.74) is 1.29. The van der Waals surface area contributed by atoms with Crippen molar-refractivity contribution in [2.75, 3.05) is 25.0 Å². The molecule has 5 nitrogen and oxygen atoms in total. The molecular formula is C19H20Cl2FN3O2. The van der Waals surface area contributed by atoms with Crippen LogP contribution in [0.1, 0.15) is 12.5 Å². The van der Waals surface area contributed by atoms with E-state index in [1.165, 1.54) is 12.1 Å². The SMILES string of the molecule is CCN(CC(=O)NCc1ccc(F)cc1)CC(=O)Nc1cc(Cl)cc(Cl)c1. The summed E-state index contributed by atoms with van der Waals surface area (Å²) in [7, 11) is 0. The molecule has 0 saturated carbocycles. The molecule has 2 amide bonds. The van der Waals surface area contributed by atoms with Crippen molar-refractivity contribution in [1.29, 1.82) is 0 Å². The molecule has 0 radical (unpaired) electrons. The molecule has 144 valence electrons. The maximum Gasteiger partial charge on any atom is 0.238 e.